The zero-order chi connectivity index (χ0) is 22.4. The molecule has 0 unspecified atom stereocenters. The van der Waals surface area contributed by atoms with Crippen LogP contribution in [0.3, 0.4) is 0 Å². The first-order valence-electron chi connectivity index (χ1n) is 9.21. The number of carboxylic acids is 1. The van der Waals surface area contributed by atoms with E-state index in [4.69, 9.17) is 23.8 Å². The number of nitrogens with one attached hydrogen (secondary N) is 3. The Balaban J connectivity index is 1.73. The Labute approximate surface area is 188 Å². The zero-order valence-electron chi connectivity index (χ0n) is 16.4. The summed E-state index contributed by atoms with van der Waals surface area (Å²) in [6, 6.07) is 13.9. The summed E-state index contributed by atoms with van der Waals surface area (Å²) in [5, 5.41) is 18.8. The molecule has 0 bridgehead atoms. The van der Waals surface area contributed by atoms with Gasteiger partial charge in [-0.05, 0) is 61.1 Å². The molecule has 1 aromatic heterocycles. The van der Waals surface area contributed by atoms with Gasteiger partial charge in [0.15, 0.2) is 5.11 Å². The first-order chi connectivity index (χ1) is 14.8. The maximum absolute atomic E-state index is 13.1. The van der Waals surface area contributed by atoms with Crippen LogP contribution in [0.4, 0.5) is 21.8 Å². The van der Waals surface area contributed by atoms with E-state index >= 15 is 0 Å². The van der Waals surface area contributed by atoms with Crippen molar-refractivity contribution in [1.82, 2.24) is 15.3 Å². The Morgan fingerprint density at radius 1 is 1.19 bits per heavy atom. The lowest BCUT2D eigenvalue weighted by molar-refractivity contribution is -0.137. The summed E-state index contributed by atoms with van der Waals surface area (Å²) in [5.74, 6) is -0.611. The van der Waals surface area contributed by atoms with E-state index in [1.165, 1.54) is 12.1 Å². The van der Waals surface area contributed by atoms with Crippen LogP contribution in [0.25, 0.3) is 0 Å². The van der Waals surface area contributed by atoms with Crippen LogP contribution in [0.15, 0.2) is 54.6 Å². The minimum atomic E-state index is -0.988. The van der Waals surface area contributed by atoms with Crippen molar-refractivity contribution in [2.75, 3.05) is 10.6 Å². The predicted molar refractivity (Wildman–Crippen MR) is 122 cm³/mol. The van der Waals surface area contributed by atoms with E-state index in [0.29, 0.717) is 27.8 Å². The number of aliphatic carboxylic acids is 1. The van der Waals surface area contributed by atoms with Gasteiger partial charge in [0.25, 0.3) is 0 Å². The van der Waals surface area contributed by atoms with E-state index in [2.05, 4.69) is 25.9 Å². The molecule has 0 aliphatic heterocycles. The van der Waals surface area contributed by atoms with Gasteiger partial charge in [-0.1, -0.05) is 23.7 Å². The average Bonchev–Trinajstić information content (AvgIpc) is 2.68. The van der Waals surface area contributed by atoms with Crippen molar-refractivity contribution in [3.05, 3.63) is 76.7 Å². The number of nitrogens with zero attached hydrogens (tertiary/aromatic N) is 2. The highest BCUT2D eigenvalue weighted by atomic mass is 35.5. The molecule has 4 N–H and O–H groups in total. The molecule has 0 saturated heterocycles. The van der Waals surface area contributed by atoms with Crippen LogP contribution < -0.4 is 16.0 Å². The van der Waals surface area contributed by atoms with Gasteiger partial charge >= 0.3 is 5.97 Å². The number of carbonyl (C=O) groups is 1. The highest BCUT2D eigenvalue weighted by molar-refractivity contribution is 7.80. The molecule has 0 radical (unpaired) electrons. The number of anilines is 3. The molecule has 0 fully saturated rings. The molecule has 10 heteroatoms. The van der Waals surface area contributed by atoms with Crippen molar-refractivity contribution in [1.29, 1.82) is 0 Å². The molecule has 2 aromatic carbocycles. The number of halogens is 2. The zero-order valence-corrected chi connectivity index (χ0v) is 18.0. The van der Waals surface area contributed by atoms with E-state index in [9.17, 15) is 14.3 Å². The molecule has 7 nitrogen and oxygen atoms in total. The van der Waals surface area contributed by atoms with Gasteiger partial charge in [-0.25, -0.2) is 9.37 Å². The molecule has 0 spiro atoms. The fraction of sp³-hybridized carbons (Fsp3) is 0.143. The van der Waals surface area contributed by atoms with Gasteiger partial charge < -0.3 is 21.1 Å². The van der Waals surface area contributed by atoms with Gasteiger partial charge in [0.05, 0.1) is 12.5 Å². The lowest BCUT2D eigenvalue weighted by Gasteiger charge is -2.20. The van der Waals surface area contributed by atoms with Gasteiger partial charge in [0, 0.05) is 22.5 Å². The summed E-state index contributed by atoms with van der Waals surface area (Å²) < 4.78 is 13.1. The molecule has 1 heterocycles. The van der Waals surface area contributed by atoms with Crippen molar-refractivity contribution in [2.24, 2.45) is 0 Å². The summed E-state index contributed by atoms with van der Waals surface area (Å²) in [6.45, 7) is 1.79. The molecule has 0 amide bonds. The monoisotopic (exact) mass is 459 g/mol. The number of hydrogen-bond donors (Lipinski definition) is 4. The minimum Gasteiger partial charge on any atom is -0.481 e. The van der Waals surface area contributed by atoms with Crippen LogP contribution >= 0.6 is 23.8 Å². The number of carboxylic acid groups (broad SMARTS) is 1. The molecule has 160 valence electrons. The fourth-order valence-electron chi connectivity index (χ4n) is 2.82. The van der Waals surface area contributed by atoms with Crippen LogP contribution in [0.2, 0.25) is 5.02 Å². The lowest BCUT2D eigenvalue weighted by atomic mass is 10.0. The maximum Gasteiger partial charge on any atom is 0.305 e. The fourth-order valence-corrected chi connectivity index (χ4v) is 3.25. The van der Waals surface area contributed by atoms with E-state index in [1.807, 2.05) is 0 Å². The third kappa shape index (κ3) is 6.87. The second-order valence-corrected chi connectivity index (χ2v) is 7.50. The van der Waals surface area contributed by atoms with Crippen LogP contribution in [-0.4, -0.2) is 26.2 Å². The largest absolute Gasteiger partial charge is 0.481 e. The van der Waals surface area contributed by atoms with E-state index in [1.54, 1.807) is 49.4 Å². The van der Waals surface area contributed by atoms with Crippen LogP contribution in [0, 0.1) is 12.7 Å². The van der Waals surface area contributed by atoms with Crippen molar-refractivity contribution >= 4 is 52.4 Å². The van der Waals surface area contributed by atoms with Gasteiger partial charge in [-0.15, -0.1) is 0 Å². The Kier molecular flexibility index (Phi) is 7.32. The summed E-state index contributed by atoms with van der Waals surface area (Å²) in [5.41, 5.74) is 2.01. The second-order valence-electron chi connectivity index (χ2n) is 6.65. The molecule has 0 aliphatic rings. The van der Waals surface area contributed by atoms with Crippen molar-refractivity contribution < 1.29 is 14.3 Å². The highest BCUT2D eigenvalue weighted by Crippen LogP contribution is 2.21. The Morgan fingerprint density at radius 2 is 1.94 bits per heavy atom. The molecule has 1 atom stereocenters. The van der Waals surface area contributed by atoms with Crippen molar-refractivity contribution in [2.45, 2.75) is 19.4 Å². The smallest absolute Gasteiger partial charge is 0.305 e. The van der Waals surface area contributed by atoms with Crippen molar-refractivity contribution in [3.63, 3.8) is 0 Å². The topological polar surface area (TPSA) is 99.2 Å². The summed E-state index contributed by atoms with van der Waals surface area (Å²) in [7, 11) is 0. The summed E-state index contributed by atoms with van der Waals surface area (Å²) >= 11 is 11.4. The van der Waals surface area contributed by atoms with E-state index in [-0.39, 0.29) is 23.3 Å². The summed E-state index contributed by atoms with van der Waals surface area (Å²) in [6.07, 6.45) is -0.200. The molecule has 3 rings (SSSR count). The van der Waals surface area contributed by atoms with Crippen LogP contribution in [-0.2, 0) is 4.79 Å². The molecule has 3 aromatic rings. The minimum absolute atomic E-state index is 0.157. The lowest BCUT2D eigenvalue weighted by Crippen LogP contribution is -2.34. The Hall–Kier alpha value is -3.30. The molecule has 0 aliphatic carbocycles. The van der Waals surface area contributed by atoms with Gasteiger partial charge in [-0.2, -0.15) is 4.98 Å². The number of thiocarbonyl (C=S) groups is 1. The highest BCUT2D eigenvalue weighted by Gasteiger charge is 2.17. The van der Waals surface area contributed by atoms with Gasteiger partial charge in [0.1, 0.15) is 11.6 Å². The van der Waals surface area contributed by atoms with Crippen LogP contribution in [0.5, 0.6) is 0 Å². The number of benzene rings is 2. The first kappa shape index (κ1) is 22.4. The van der Waals surface area contributed by atoms with Gasteiger partial charge in [0.2, 0.25) is 5.95 Å². The molecular formula is C21H19ClFN5O2S. The second kappa shape index (κ2) is 10.1. The Morgan fingerprint density at radius 3 is 2.61 bits per heavy atom. The SMILES string of the molecule is Cc1cc(Nc2ccc(F)cc2)nc(NC(=S)N[C@H](CC(=O)O)c2cccc(Cl)c2)n1. The maximum atomic E-state index is 13.1. The number of rotatable bonds is 7. The molecular weight excluding hydrogens is 441 g/mol. The van der Waals surface area contributed by atoms with Gasteiger partial charge in [-0.3, -0.25) is 4.79 Å². The number of aryl methyl sites for hydroxylation is 1. The standard InChI is InChI=1S/C21H19ClFN5O2S/c1-12-9-18(25-16-7-5-15(23)6-8-16)27-20(24-12)28-21(31)26-17(11-19(29)30)13-3-2-4-14(22)10-13/h2-10,17H,11H2,1H3,(H,29,30)(H3,24,25,26,27,28,31)/t17-/m1/s1. The average molecular weight is 460 g/mol. The van der Waals surface area contributed by atoms with Crippen LogP contribution in [0.1, 0.15) is 23.7 Å². The third-order valence-electron chi connectivity index (χ3n) is 4.13. The van der Waals surface area contributed by atoms with E-state index < -0.39 is 12.0 Å². The molecule has 31 heavy (non-hydrogen) atoms. The van der Waals surface area contributed by atoms with Crippen molar-refractivity contribution in [3.8, 4) is 0 Å². The quantitative estimate of drug-likeness (QED) is 0.373. The normalized spacial score (nSPS) is 11.5. The number of aromatic nitrogens is 2. The molecule has 0 saturated carbocycles. The summed E-state index contributed by atoms with van der Waals surface area (Å²) in [4.78, 5) is 20.0. The predicted octanol–water partition coefficient (Wildman–Crippen LogP) is 4.82. The Bertz CT molecular complexity index is 1100. The third-order valence-corrected chi connectivity index (χ3v) is 4.59. The first-order valence-corrected chi connectivity index (χ1v) is 10.00. The van der Waals surface area contributed by atoms with E-state index in [0.717, 1.165) is 0 Å². The number of hydrogen-bond acceptors (Lipinski definition) is 5.